The molecule has 5 nitrogen and oxygen atoms in total. The summed E-state index contributed by atoms with van der Waals surface area (Å²) in [4.78, 5) is 11.1. The van der Waals surface area contributed by atoms with Crippen LogP contribution in [0.3, 0.4) is 0 Å². The Kier molecular flexibility index (Phi) is 4.57. The summed E-state index contributed by atoms with van der Waals surface area (Å²) >= 11 is 0. The van der Waals surface area contributed by atoms with E-state index in [0.29, 0.717) is 0 Å². The van der Waals surface area contributed by atoms with E-state index in [0.717, 1.165) is 6.26 Å². The number of carbonyl (C=O) groups excluding carboxylic acids is 1. The summed E-state index contributed by atoms with van der Waals surface area (Å²) in [5, 5.41) is 11.0. The van der Waals surface area contributed by atoms with Crippen molar-refractivity contribution in [3.8, 4) is 6.07 Å². The molecule has 0 aromatic heterocycles. The van der Waals surface area contributed by atoms with Crippen LogP contribution in [0.25, 0.3) is 0 Å². The van der Waals surface area contributed by atoms with Crippen LogP contribution in [0, 0.1) is 17.2 Å². The fraction of sp³-hybridized carbons (Fsp3) is 0.750. The predicted octanol–water partition coefficient (Wildman–Crippen LogP) is -0.305. The lowest BCUT2D eigenvalue weighted by molar-refractivity contribution is -0.119. The zero-order chi connectivity index (χ0) is 11.4. The summed E-state index contributed by atoms with van der Waals surface area (Å²) in [5.41, 5.74) is 0. The molecule has 0 fully saturated rings. The maximum Gasteiger partial charge on any atom is 0.236 e. The minimum Gasteiger partial charge on any atom is -0.339 e. The third-order valence-corrected chi connectivity index (χ3v) is 2.30. The minimum atomic E-state index is -3.32. The Hall–Kier alpha value is -1.09. The third kappa shape index (κ3) is 5.54. The van der Waals surface area contributed by atoms with Gasteiger partial charge in [-0.25, -0.2) is 8.42 Å². The van der Waals surface area contributed by atoms with E-state index < -0.39 is 27.5 Å². The van der Waals surface area contributed by atoms with Gasteiger partial charge in [0.1, 0.15) is 11.8 Å². The molecule has 6 heteroatoms. The van der Waals surface area contributed by atoms with Gasteiger partial charge in [-0.2, -0.15) is 5.26 Å². The van der Waals surface area contributed by atoms with Crippen LogP contribution in [0.4, 0.5) is 0 Å². The van der Waals surface area contributed by atoms with Crippen LogP contribution in [0.15, 0.2) is 0 Å². The lowest BCUT2D eigenvalue weighted by Crippen LogP contribution is -2.40. The van der Waals surface area contributed by atoms with Crippen molar-refractivity contribution in [2.24, 2.45) is 5.92 Å². The molecule has 1 unspecified atom stereocenters. The highest BCUT2D eigenvalue weighted by molar-refractivity contribution is 7.91. The van der Waals surface area contributed by atoms with Gasteiger partial charge in [0.25, 0.3) is 0 Å². The number of rotatable bonds is 4. The molecule has 1 N–H and O–H groups in total. The maximum atomic E-state index is 11.1. The molecule has 0 aromatic carbocycles. The number of hydrogen-bond donors (Lipinski definition) is 1. The Balaban J connectivity index is 4.27. The first kappa shape index (κ1) is 12.9. The second kappa shape index (κ2) is 4.96. The standard InChI is InChI=1S/C8H14N2O3S/c1-6(2)7(4-9)10-8(11)5-14(3,12)13/h6-7H,5H2,1-3H3,(H,10,11). The zero-order valence-electron chi connectivity index (χ0n) is 8.44. The number of nitrogens with one attached hydrogen (secondary N) is 1. The largest absolute Gasteiger partial charge is 0.339 e. The molecule has 1 atom stereocenters. The van der Waals surface area contributed by atoms with E-state index in [2.05, 4.69) is 5.32 Å². The molecule has 0 aliphatic rings. The van der Waals surface area contributed by atoms with Crippen LogP contribution in [0.5, 0.6) is 0 Å². The smallest absolute Gasteiger partial charge is 0.236 e. The first-order valence-electron chi connectivity index (χ1n) is 4.13. The van der Waals surface area contributed by atoms with Gasteiger partial charge in [-0.3, -0.25) is 4.79 Å². The molecular formula is C8H14N2O3S. The molecule has 0 aliphatic heterocycles. The van der Waals surface area contributed by atoms with Crippen molar-refractivity contribution in [3.63, 3.8) is 0 Å². The van der Waals surface area contributed by atoms with Crippen molar-refractivity contribution in [2.75, 3.05) is 12.0 Å². The predicted molar refractivity (Wildman–Crippen MR) is 52.1 cm³/mol. The molecule has 0 aliphatic carbocycles. The highest BCUT2D eigenvalue weighted by Crippen LogP contribution is 1.99. The first-order chi connectivity index (χ1) is 6.26. The molecule has 80 valence electrons. The number of nitriles is 1. The van der Waals surface area contributed by atoms with Gasteiger partial charge in [-0.1, -0.05) is 13.8 Å². The summed E-state index contributed by atoms with van der Waals surface area (Å²) in [5.74, 6) is -1.24. The van der Waals surface area contributed by atoms with E-state index in [-0.39, 0.29) is 5.92 Å². The Morgan fingerprint density at radius 3 is 2.29 bits per heavy atom. The van der Waals surface area contributed by atoms with Gasteiger partial charge in [0.05, 0.1) is 6.07 Å². The summed E-state index contributed by atoms with van der Waals surface area (Å²) in [6, 6.07) is 1.26. The SMILES string of the molecule is CC(C)C(C#N)NC(=O)CS(C)(=O)=O. The Morgan fingerprint density at radius 1 is 1.50 bits per heavy atom. The van der Waals surface area contributed by atoms with Gasteiger partial charge in [0.15, 0.2) is 9.84 Å². The monoisotopic (exact) mass is 218 g/mol. The third-order valence-electron chi connectivity index (χ3n) is 1.52. The number of carbonyl (C=O) groups is 1. The molecule has 0 bridgehead atoms. The molecule has 14 heavy (non-hydrogen) atoms. The van der Waals surface area contributed by atoms with Crippen molar-refractivity contribution in [3.05, 3.63) is 0 Å². The number of sulfone groups is 1. The molecule has 0 aromatic rings. The van der Waals surface area contributed by atoms with Gasteiger partial charge in [-0.05, 0) is 5.92 Å². The zero-order valence-corrected chi connectivity index (χ0v) is 9.26. The van der Waals surface area contributed by atoms with Crippen LogP contribution >= 0.6 is 0 Å². The molecule has 0 saturated heterocycles. The van der Waals surface area contributed by atoms with Crippen LogP contribution in [-0.2, 0) is 14.6 Å². The molecule has 0 spiro atoms. The Bertz CT molecular complexity index is 340. The quantitative estimate of drug-likeness (QED) is 0.701. The van der Waals surface area contributed by atoms with Crippen molar-refractivity contribution in [1.29, 1.82) is 5.26 Å². The normalized spacial score (nSPS) is 13.4. The summed E-state index contributed by atoms with van der Waals surface area (Å²) < 4.78 is 21.5. The lowest BCUT2D eigenvalue weighted by atomic mass is 10.1. The van der Waals surface area contributed by atoms with Crippen LogP contribution < -0.4 is 5.32 Å². The topological polar surface area (TPSA) is 87.0 Å². The Morgan fingerprint density at radius 2 is 2.00 bits per heavy atom. The number of amides is 1. The minimum absolute atomic E-state index is 0.0384. The van der Waals surface area contributed by atoms with E-state index in [1.807, 2.05) is 6.07 Å². The Labute approximate surface area is 84.0 Å². The van der Waals surface area contributed by atoms with Gasteiger partial charge in [-0.15, -0.1) is 0 Å². The highest BCUT2D eigenvalue weighted by Gasteiger charge is 2.17. The first-order valence-corrected chi connectivity index (χ1v) is 6.19. The van der Waals surface area contributed by atoms with E-state index in [1.165, 1.54) is 0 Å². The molecule has 0 saturated carbocycles. The second-order valence-electron chi connectivity index (χ2n) is 3.49. The van der Waals surface area contributed by atoms with Crippen molar-refractivity contribution < 1.29 is 13.2 Å². The maximum absolute atomic E-state index is 11.1. The highest BCUT2D eigenvalue weighted by atomic mass is 32.2. The molecule has 0 rings (SSSR count). The van der Waals surface area contributed by atoms with Crippen molar-refractivity contribution >= 4 is 15.7 Å². The summed E-state index contributed by atoms with van der Waals surface area (Å²) in [6.45, 7) is 3.54. The molecule has 1 amide bonds. The molecule has 0 heterocycles. The fourth-order valence-corrected chi connectivity index (χ4v) is 1.36. The van der Waals surface area contributed by atoms with E-state index in [4.69, 9.17) is 5.26 Å². The van der Waals surface area contributed by atoms with Crippen molar-refractivity contribution in [1.82, 2.24) is 5.32 Å². The van der Waals surface area contributed by atoms with Crippen LogP contribution in [-0.4, -0.2) is 32.4 Å². The molecule has 0 radical (unpaired) electrons. The van der Waals surface area contributed by atoms with Crippen LogP contribution in [0.1, 0.15) is 13.8 Å². The van der Waals surface area contributed by atoms with Gasteiger partial charge >= 0.3 is 0 Å². The number of nitrogens with zero attached hydrogens (tertiary/aromatic N) is 1. The second-order valence-corrected chi connectivity index (χ2v) is 5.63. The van der Waals surface area contributed by atoms with Gasteiger partial charge in [0.2, 0.25) is 5.91 Å². The fourth-order valence-electron chi connectivity index (χ4n) is 0.801. The average molecular weight is 218 g/mol. The summed E-state index contributed by atoms with van der Waals surface area (Å²) in [6.07, 6.45) is 0.976. The lowest BCUT2D eigenvalue weighted by Gasteiger charge is -2.14. The van der Waals surface area contributed by atoms with E-state index in [9.17, 15) is 13.2 Å². The van der Waals surface area contributed by atoms with Gasteiger partial charge < -0.3 is 5.32 Å². The van der Waals surface area contributed by atoms with E-state index >= 15 is 0 Å². The van der Waals surface area contributed by atoms with Gasteiger partial charge in [0, 0.05) is 6.26 Å². The average Bonchev–Trinajstić information content (AvgIpc) is 1.96. The number of hydrogen-bond acceptors (Lipinski definition) is 4. The molecular weight excluding hydrogens is 204 g/mol. The van der Waals surface area contributed by atoms with Crippen molar-refractivity contribution in [2.45, 2.75) is 19.9 Å². The van der Waals surface area contributed by atoms with Crippen LogP contribution in [0.2, 0.25) is 0 Å². The summed E-state index contributed by atoms with van der Waals surface area (Å²) in [7, 11) is -3.32. The van der Waals surface area contributed by atoms with E-state index in [1.54, 1.807) is 13.8 Å².